The van der Waals surface area contributed by atoms with Gasteiger partial charge in [0.2, 0.25) is 11.7 Å². The maximum Gasteiger partial charge on any atom is 0.293 e. The molecule has 2 heterocycles. The lowest BCUT2D eigenvalue weighted by Crippen LogP contribution is -2.26. The summed E-state index contributed by atoms with van der Waals surface area (Å²) >= 11 is 0. The molecule has 0 spiro atoms. The molecule has 0 atom stereocenters. The molecular weight excluding hydrogens is 468 g/mol. The highest BCUT2D eigenvalue weighted by molar-refractivity contribution is 6.15. The van der Waals surface area contributed by atoms with Crippen molar-refractivity contribution in [2.24, 2.45) is 0 Å². The Morgan fingerprint density at radius 1 is 0.757 bits per heavy atom. The molecule has 7 nitrogen and oxygen atoms in total. The van der Waals surface area contributed by atoms with Gasteiger partial charge in [0.15, 0.2) is 0 Å². The summed E-state index contributed by atoms with van der Waals surface area (Å²) in [5, 5.41) is 6.47. The molecule has 2 amide bonds. The molecule has 6 rings (SSSR count). The zero-order valence-corrected chi connectivity index (χ0v) is 19.9. The number of hydrogen-bond donors (Lipinski definition) is 2. The number of methoxy groups -OCH3 is 1. The number of fused-ring (bicyclic) bond motifs is 3. The topological polar surface area (TPSA) is 89.8 Å². The van der Waals surface area contributed by atoms with Crippen molar-refractivity contribution in [1.29, 1.82) is 0 Å². The molecule has 37 heavy (non-hydrogen) atoms. The van der Waals surface area contributed by atoms with Crippen LogP contribution in [0.3, 0.4) is 0 Å². The maximum absolute atomic E-state index is 13.9. The van der Waals surface area contributed by atoms with Gasteiger partial charge in [0.25, 0.3) is 5.91 Å². The second kappa shape index (κ2) is 9.20. The number of rotatable bonds is 5. The Kier molecular flexibility index (Phi) is 5.58. The van der Waals surface area contributed by atoms with E-state index in [1.54, 1.807) is 37.4 Å². The fourth-order valence-corrected chi connectivity index (χ4v) is 4.58. The van der Waals surface area contributed by atoms with Crippen molar-refractivity contribution in [3.63, 3.8) is 0 Å². The highest BCUT2D eigenvalue weighted by Gasteiger charge is 2.34. The SMILES string of the molecule is COc1ccc(NC(=O)c2oc3ccccc3c2NC(=O)C2c3ccccc3Oc3ccccc32)cc1. The lowest BCUT2D eigenvalue weighted by atomic mass is 9.87. The van der Waals surface area contributed by atoms with E-state index in [-0.39, 0.29) is 11.7 Å². The smallest absolute Gasteiger partial charge is 0.293 e. The summed E-state index contributed by atoms with van der Waals surface area (Å²) in [7, 11) is 1.58. The molecule has 1 aliphatic heterocycles. The van der Waals surface area contributed by atoms with Gasteiger partial charge < -0.3 is 24.5 Å². The van der Waals surface area contributed by atoms with Gasteiger partial charge in [-0.1, -0.05) is 48.5 Å². The van der Waals surface area contributed by atoms with Crippen molar-refractivity contribution in [2.75, 3.05) is 17.7 Å². The van der Waals surface area contributed by atoms with E-state index in [0.717, 1.165) is 11.1 Å². The second-order valence-electron chi connectivity index (χ2n) is 8.58. The van der Waals surface area contributed by atoms with E-state index >= 15 is 0 Å². The third kappa shape index (κ3) is 4.06. The first-order valence-electron chi connectivity index (χ1n) is 11.8. The van der Waals surface area contributed by atoms with Crippen LogP contribution >= 0.6 is 0 Å². The van der Waals surface area contributed by atoms with Crippen molar-refractivity contribution < 1.29 is 23.5 Å². The fraction of sp³-hybridized carbons (Fsp3) is 0.0667. The minimum absolute atomic E-state index is 0.0130. The Bertz CT molecular complexity index is 1590. The van der Waals surface area contributed by atoms with Gasteiger partial charge in [0.05, 0.1) is 13.0 Å². The van der Waals surface area contributed by atoms with Crippen LogP contribution in [0.15, 0.2) is 101 Å². The second-order valence-corrected chi connectivity index (χ2v) is 8.58. The maximum atomic E-state index is 13.9. The Labute approximate surface area is 212 Å². The normalized spacial score (nSPS) is 12.2. The Hall–Kier alpha value is -5.04. The van der Waals surface area contributed by atoms with Gasteiger partial charge in [0.1, 0.15) is 28.5 Å². The van der Waals surface area contributed by atoms with Crippen molar-refractivity contribution >= 4 is 34.2 Å². The molecule has 0 radical (unpaired) electrons. The summed E-state index contributed by atoms with van der Waals surface area (Å²) in [5.74, 6) is 0.516. The summed E-state index contributed by atoms with van der Waals surface area (Å²) in [4.78, 5) is 27.2. The number of nitrogens with one attached hydrogen (secondary N) is 2. The molecule has 0 fully saturated rings. The molecule has 0 saturated carbocycles. The quantitative estimate of drug-likeness (QED) is 0.291. The van der Waals surface area contributed by atoms with Gasteiger partial charge in [0, 0.05) is 22.2 Å². The van der Waals surface area contributed by atoms with Gasteiger partial charge in [-0.05, 0) is 48.5 Å². The summed E-state index contributed by atoms with van der Waals surface area (Å²) < 4.78 is 17.1. The summed E-state index contributed by atoms with van der Waals surface area (Å²) in [6.07, 6.45) is 0. The van der Waals surface area contributed by atoms with E-state index in [0.29, 0.717) is 39.6 Å². The first-order chi connectivity index (χ1) is 18.1. The monoisotopic (exact) mass is 490 g/mol. The van der Waals surface area contributed by atoms with Gasteiger partial charge >= 0.3 is 0 Å². The van der Waals surface area contributed by atoms with Crippen LogP contribution in [0.25, 0.3) is 11.0 Å². The van der Waals surface area contributed by atoms with Gasteiger partial charge in [-0.3, -0.25) is 9.59 Å². The molecule has 7 heteroatoms. The Balaban J connectivity index is 1.38. The molecule has 0 aliphatic carbocycles. The van der Waals surface area contributed by atoms with Crippen LogP contribution in [0.4, 0.5) is 11.4 Å². The lowest BCUT2D eigenvalue weighted by molar-refractivity contribution is -0.116. The standard InChI is InChI=1S/C30H22N2O5/c1-35-19-16-14-18(15-17-19)31-30(34)28-27(22-10-4-7-13-25(22)37-28)32-29(33)26-20-8-2-5-11-23(20)36-24-12-6-3-9-21(24)26/h2-17,26H,1H3,(H,31,34)(H,32,33). The minimum Gasteiger partial charge on any atom is -0.497 e. The predicted molar refractivity (Wildman–Crippen MR) is 141 cm³/mol. The van der Waals surface area contributed by atoms with E-state index in [1.807, 2.05) is 66.7 Å². The number of benzene rings is 4. The zero-order chi connectivity index (χ0) is 25.4. The number of amides is 2. The van der Waals surface area contributed by atoms with Crippen LogP contribution in [0.5, 0.6) is 17.2 Å². The van der Waals surface area contributed by atoms with Crippen LogP contribution in [-0.4, -0.2) is 18.9 Å². The van der Waals surface area contributed by atoms with E-state index < -0.39 is 11.8 Å². The Morgan fingerprint density at radius 2 is 1.38 bits per heavy atom. The number of hydrogen-bond acceptors (Lipinski definition) is 5. The molecule has 4 aromatic carbocycles. The predicted octanol–water partition coefficient (Wildman–Crippen LogP) is 6.57. The zero-order valence-electron chi connectivity index (χ0n) is 19.9. The third-order valence-electron chi connectivity index (χ3n) is 6.34. The average Bonchev–Trinajstić information content (AvgIpc) is 3.30. The van der Waals surface area contributed by atoms with Crippen LogP contribution in [-0.2, 0) is 4.79 Å². The molecular formula is C30H22N2O5. The molecule has 1 aromatic heterocycles. The van der Waals surface area contributed by atoms with E-state index in [9.17, 15) is 9.59 Å². The highest BCUT2D eigenvalue weighted by atomic mass is 16.5. The number of anilines is 2. The summed E-state index contributed by atoms with van der Waals surface area (Å²) in [5.41, 5.74) is 2.86. The lowest BCUT2D eigenvalue weighted by Gasteiger charge is -2.27. The third-order valence-corrected chi connectivity index (χ3v) is 6.34. The van der Waals surface area contributed by atoms with E-state index in [4.69, 9.17) is 13.9 Å². The number of carbonyl (C=O) groups excluding carboxylic acids is 2. The molecule has 5 aromatic rings. The summed E-state index contributed by atoms with van der Waals surface area (Å²) in [6, 6.07) is 29.1. The van der Waals surface area contributed by atoms with E-state index in [2.05, 4.69) is 10.6 Å². The Morgan fingerprint density at radius 3 is 2.05 bits per heavy atom. The number of furan rings is 1. The minimum atomic E-state index is -0.632. The van der Waals surface area contributed by atoms with Crippen LogP contribution in [0.2, 0.25) is 0 Å². The molecule has 0 saturated heterocycles. The molecule has 182 valence electrons. The van der Waals surface area contributed by atoms with E-state index in [1.165, 1.54) is 0 Å². The average molecular weight is 491 g/mol. The van der Waals surface area contributed by atoms with Gasteiger partial charge in [-0.25, -0.2) is 0 Å². The van der Waals surface area contributed by atoms with Crippen LogP contribution in [0, 0.1) is 0 Å². The fourth-order valence-electron chi connectivity index (χ4n) is 4.58. The summed E-state index contributed by atoms with van der Waals surface area (Å²) in [6.45, 7) is 0. The number of ether oxygens (including phenoxy) is 2. The highest BCUT2D eigenvalue weighted by Crippen LogP contribution is 2.45. The van der Waals surface area contributed by atoms with Gasteiger partial charge in [-0.15, -0.1) is 0 Å². The van der Waals surface area contributed by atoms with Crippen LogP contribution in [0.1, 0.15) is 27.6 Å². The van der Waals surface area contributed by atoms with Crippen LogP contribution < -0.4 is 20.1 Å². The largest absolute Gasteiger partial charge is 0.497 e. The van der Waals surface area contributed by atoms with Crippen molar-refractivity contribution in [3.8, 4) is 17.2 Å². The first-order valence-corrected chi connectivity index (χ1v) is 11.8. The number of para-hydroxylation sites is 3. The molecule has 2 N–H and O–H groups in total. The first kappa shape index (κ1) is 22.4. The molecule has 1 aliphatic rings. The van der Waals surface area contributed by atoms with Crippen molar-refractivity contribution in [1.82, 2.24) is 0 Å². The molecule has 0 bridgehead atoms. The number of carbonyl (C=O) groups is 2. The molecule has 0 unspecified atom stereocenters. The van der Waals surface area contributed by atoms with Gasteiger partial charge in [-0.2, -0.15) is 0 Å². The van der Waals surface area contributed by atoms with Crippen molar-refractivity contribution in [3.05, 3.63) is 114 Å². The van der Waals surface area contributed by atoms with Crippen molar-refractivity contribution in [2.45, 2.75) is 5.92 Å².